The maximum atomic E-state index is 10.6. The molecule has 3 nitrogen and oxygen atoms in total. The zero-order chi connectivity index (χ0) is 9.07. The lowest BCUT2D eigenvalue weighted by atomic mass is 9.83. The van der Waals surface area contributed by atoms with E-state index < -0.39 is 11.4 Å². The summed E-state index contributed by atoms with van der Waals surface area (Å²) in [6.45, 7) is 5.96. The number of carbonyl (C=O) groups is 1. The minimum atomic E-state index is -0.752. The van der Waals surface area contributed by atoms with E-state index in [1.54, 1.807) is 13.8 Å². The predicted octanol–water partition coefficient (Wildman–Crippen LogP) is 1.08. The molecule has 0 bridgehead atoms. The lowest BCUT2D eigenvalue weighted by molar-refractivity contribution is -0.147. The molecule has 0 aromatic carbocycles. The van der Waals surface area contributed by atoms with Gasteiger partial charge in [-0.25, -0.2) is 0 Å². The molecule has 0 aliphatic rings. The van der Waals surface area contributed by atoms with E-state index in [1.807, 2.05) is 6.92 Å². The van der Waals surface area contributed by atoms with Crippen LogP contribution >= 0.6 is 0 Å². The standard InChI is InChI=1S/C8H17NO2/c1-6(5-9)4-8(2,3)7(10)11/h6H,4-5,9H2,1-3H3,(H,10,11). The van der Waals surface area contributed by atoms with Crippen LogP contribution < -0.4 is 5.73 Å². The molecule has 11 heavy (non-hydrogen) atoms. The molecular weight excluding hydrogens is 142 g/mol. The van der Waals surface area contributed by atoms with Gasteiger partial charge in [0.25, 0.3) is 0 Å². The molecule has 0 rings (SSSR count). The van der Waals surface area contributed by atoms with E-state index in [0.717, 1.165) is 0 Å². The van der Waals surface area contributed by atoms with Crippen LogP contribution in [0.15, 0.2) is 0 Å². The van der Waals surface area contributed by atoms with Crippen LogP contribution in [-0.4, -0.2) is 17.6 Å². The fourth-order valence-electron chi connectivity index (χ4n) is 1.04. The molecule has 0 aromatic rings. The van der Waals surface area contributed by atoms with Crippen LogP contribution in [0, 0.1) is 11.3 Å². The first-order valence-corrected chi connectivity index (χ1v) is 3.83. The Morgan fingerprint density at radius 1 is 1.64 bits per heavy atom. The van der Waals surface area contributed by atoms with E-state index in [2.05, 4.69) is 0 Å². The highest BCUT2D eigenvalue weighted by Gasteiger charge is 2.28. The molecule has 0 fully saturated rings. The van der Waals surface area contributed by atoms with Gasteiger partial charge in [-0.2, -0.15) is 0 Å². The minimum absolute atomic E-state index is 0.279. The summed E-state index contributed by atoms with van der Waals surface area (Å²) in [6.07, 6.45) is 0.638. The molecular formula is C8H17NO2. The number of carboxylic acids is 1. The Balaban J connectivity index is 4.01. The molecule has 0 saturated heterocycles. The second-order valence-corrected chi connectivity index (χ2v) is 3.73. The topological polar surface area (TPSA) is 63.3 Å². The average Bonchev–Trinajstić information content (AvgIpc) is 1.86. The molecule has 3 N–H and O–H groups in total. The molecule has 0 aliphatic heterocycles. The van der Waals surface area contributed by atoms with Gasteiger partial charge in [-0.05, 0) is 32.7 Å². The molecule has 0 aliphatic carbocycles. The van der Waals surface area contributed by atoms with Gasteiger partial charge in [0, 0.05) is 0 Å². The Hall–Kier alpha value is -0.570. The van der Waals surface area contributed by atoms with Crippen LogP contribution in [0.2, 0.25) is 0 Å². The summed E-state index contributed by atoms with van der Waals surface area (Å²) in [5.74, 6) is -0.473. The monoisotopic (exact) mass is 159 g/mol. The van der Waals surface area contributed by atoms with Crippen molar-refractivity contribution in [1.82, 2.24) is 0 Å². The van der Waals surface area contributed by atoms with E-state index in [1.165, 1.54) is 0 Å². The second kappa shape index (κ2) is 3.72. The van der Waals surface area contributed by atoms with Crippen molar-refractivity contribution in [2.24, 2.45) is 17.1 Å². The van der Waals surface area contributed by atoms with Crippen molar-refractivity contribution >= 4 is 5.97 Å². The van der Waals surface area contributed by atoms with E-state index in [4.69, 9.17) is 10.8 Å². The highest BCUT2D eigenvalue weighted by atomic mass is 16.4. The Labute approximate surface area is 67.6 Å². The van der Waals surface area contributed by atoms with Gasteiger partial charge in [0.2, 0.25) is 0 Å². The van der Waals surface area contributed by atoms with E-state index in [-0.39, 0.29) is 5.92 Å². The lowest BCUT2D eigenvalue weighted by Crippen LogP contribution is -2.28. The van der Waals surface area contributed by atoms with Crippen LogP contribution in [0.5, 0.6) is 0 Å². The quantitative estimate of drug-likeness (QED) is 0.645. The third kappa shape index (κ3) is 3.37. The van der Waals surface area contributed by atoms with Crippen molar-refractivity contribution in [2.75, 3.05) is 6.54 Å². The van der Waals surface area contributed by atoms with E-state index in [0.29, 0.717) is 13.0 Å². The van der Waals surface area contributed by atoms with Gasteiger partial charge < -0.3 is 10.8 Å². The predicted molar refractivity (Wildman–Crippen MR) is 44.3 cm³/mol. The van der Waals surface area contributed by atoms with Crippen molar-refractivity contribution in [2.45, 2.75) is 27.2 Å². The number of hydrogen-bond acceptors (Lipinski definition) is 2. The summed E-state index contributed by atoms with van der Waals surface area (Å²) in [5, 5.41) is 8.74. The van der Waals surface area contributed by atoms with Crippen LogP contribution in [0.4, 0.5) is 0 Å². The fourth-order valence-corrected chi connectivity index (χ4v) is 1.04. The third-order valence-corrected chi connectivity index (χ3v) is 1.84. The Kier molecular flexibility index (Phi) is 3.52. The molecule has 0 aromatic heterocycles. The van der Waals surface area contributed by atoms with Crippen LogP contribution in [0.1, 0.15) is 27.2 Å². The smallest absolute Gasteiger partial charge is 0.309 e. The third-order valence-electron chi connectivity index (χ3n) is 1.84. The summed E-state index contributed by atoms with van der Waals surface area (Å²) in [7, 11) is 0. The minimum Gasteiger partial charge on any atom is -0.481 e. The molecule has 1 atom stereocenters. The highest BCUT2D eigenvalue weighted by Crippen LogP contribution is 2.24. The molecule has 0 amide bonds. The maximum Gasteiger partial charge on any atom is 0.309 e. The maximum absolute atomic E-state index is 10.6. The van der Waals surface area contributed by atoms with Crippen molar-refractivity contribution in [3.05, 3.63) is 0 Å². The Bertz CT molecular complexity index is 143. The summed E-state index contributed by atoms with van der Waals surface area (Å²) in [5.41, 5.74) is 4.75. The second-order valence-electron chi connectivity index (χ2n) is 3.73. The summed E-state index contributed by atoms with van der Waals surface area (Å²) < 4.78 is 0. The van der Waals surface area contributed by atoms with E-state index in [9.17, 15) is 4.79 Å². The van der Waals surface area contributed by atoms with Gasteiger partial charge in [-0.3, -0.25) is 4.79 Å². The molecule has 0 radical (unpaired) electrons. The number of rotatable bonds is 4. The first-order valence-electron chi connectivity index (χ1n) is 3.83. The zero-order valence-corrected chi connectivity index (χ0v) is 7.42. The molecule has 0 spiro atoms. The molecule has 1 unspecified atom stereocenters. The van der Waals surface area contributed by atoms with Gasteiger partial charge in [0.05, 0.1) is 5.41 Å². The van der Waals surface area contributed by atoms with Crippen molar-refractivity contribution in [3.8, 4) is 0 Å². The van der Waals surface area contributed by atoms with Gasteiger partial charge in [-0.1, -0.05) is 6.92 Å². The summed E-state index contributed by atoms with van der Waals surface area (Å²) in [6, 6.07) is 0. The Morgan fingerprint density at radius 2 is 2.09 bits per heavy atom. The van der Waals surface area contributed by atoms with Crippen LogP contribution in [-0.2, 0) is 4.79 Å². The molecule has 0 heterocycles. The average molecular weight is 159 g/mol. The van der Waals surface area contributed by atoms with Gasteiger partial charge in [-0.15, -0.1) is 0 Å². The van der Waals surface area contributed by atoms with Gasteiger partial charge in [0.1, 0.15) is 0 Å². The molecule has 3 heteroatoms. The van der Waals surface area contributed by atoms with Crippen molar-refractivity contribution < 1.29 is 9.90 Å². The number of nitrogens with two attached hydrogens (primary N) is 1. The zero-order valence-electron chi connectivity index (χ0n) is 7.42. The normalized spacial score (nSPS) is 14.5. The lowest BCUT2D eigenvalue weighted by Gasteiger charge is -2.22. The first-order chi connectivity index (χ1) is 4.90. The van der Waals surface area contributed by atoms with Crippen molar-refractivity contribution in [1.29, 1.82) is 0 Å². The molecule has 0 saturated carbocycles. The molecule has 66 valence electrons. The van der Waals surface area contributed by atoms with Gasteiger partial charge >= 0.3 is 5.97 Å². The van der Waals surface area contributed by atoms with Crippen molar-refractivity contribution in [3.63, 3.8) is 0 Å². The SMILES string of the molecule is CC(CN)CC(C)(C)C(=O)O. The summed E-state index contributed by atoms with van der Waals surface area (Å²) >= 11 is 0. The van der Waals surface area contributed by atoms with Crippen LogP contribution in [0.25, 0.3) is 0 Å². The highest BCUT2D eigenvalue weighted by molar-refractivity contribution is 5.73. The number of aliphatic carboxylic acids is 1. The largest absolute Gasteiger partial charge is 0.481 e. The number of carboxylic acid groups (broad SMARTS) is 1. The van der Waals surface area contributed by atoms with E-state index >= 15 is 0 Å². The fraction of sp³-hybridized carbons (Fsp3) is 0.875. The first kappa shape index (κ1) is 10.4. The summed E-state index contributed by atoms with van der Waals surface area (Å²) in [4.78, 5) is 10.6. The Morgan fingerprint density at radius 3 is 2.36 bits per heavy atom. The number of hydrogen-bond donors (Lipinski definition) is 2. The van der Waals surface area contributed by atoms with Crippen LogP contribution in [0.3, 0.4) is 0 Å². The van der Waals surface area contributed by atoms with Gasteiger partial charge in [0.15, 0.2) is 0 Å².